The van der Waals surface area contributed by atoms with E-state index in [1.807, 2.05) is 25.1 Å². The van der Waals surface area contributed by atoms with E-state index in [-0.39, 0.29) is 17.1 Å². The predicted molar refractivity (Wildman–Crippen MR) is 123 cm³/mol. The summed E-state index contributed by atoms with van der Waals surface area (Å²) in [5.41, 5.74) is 5.56. The van der Waals surface area contributed by atoms with E-state index in [9.17, 15) is 18.0 Å². The number of nitrogens with zero attached hydrogens (tertiary/aromatic N) is 1. The average molecular weight is 474 g/mol. The van der Waals surface area contributed by atoms with Gasteiger partial charge >= 0.3 is 0 Å². The summed E-state index contributed by atoms with van der Waals surface area (Å²) in [6.45, 7) is 2.48. The third-order valence-electron chi connectivity index (χ3n) is 5.02. The number of hydrogen-bond acceptors (Lipinski definition) is 6. The maximum absolute atomic E-state index is 12.7. The van der Waals surface area contributed by atoms with Crippen LogP contribution in [0.4, 0.5) is 0 Å². The molecule has 33 heavy (non-hydrogen) atoms. The van der Waals surface area contributed by atoms with Crippen molar-refractivity contribution in [2.24, 2.45) is 0 Å². The Morgan fingerprint density at radius 2 is 1.82 bits per heavy atom. The average Bonchev–Trinajstić information content (AvgIpc) is 3.38. The fraction of sp³-hybridized carbons (Fsp3) is 0.304. The first-order valence-electron chi connectivity index (χ1n) is 10.5. The Labute approximate surface area is 193 Å². The van der Waals surface area contributed by atoms with Gasteiger partial charge in [0, 0.05) is 18.7 Å². The molecule has 0 saturated carbocycles. The summed E-state index contributed by atoms with van der Waals surface area (Å²) in [6.07, 6.45) is 5.43. The third kappa shape index (κ3) is 6.11. The molecule has 1 fully saturated rings. The molecule has 3 rings (SSSR count). The fourth-order valence-corrected chi connectivity index (χ4v) is 4.92. The van der Waals surface area contributed by atoms with Gasteiger partial charge in [0.05, 0.1) is 12.0 Å². The lowest BCUT2D eigenvalue weighted by molar-refractivity contribution is -0.123. The van der Waals surface area contributed by atoms with E-state index in [0.717, 1.165) is 18.4 Å². The largest absolute Gasteiger partial charge is 0.493 e. The van der Waals surface area contributed by atoms with Gasteiger partial charge in [-0.05, 0) is 55.7 Å². The van der Waals surface area contributed by atoms with Crippen LogP contribution in [0, 0.1) is 0 Å². The van der Waals surface area contributed by atoms with Crippen LogP contribution in [0.1, 0.15) is 35.7 Å². The number of allylic oxidation sites excluding steroid dienone is 1. The molecule has 9 nitrogen and oxygen atoms in total. The van der Waals surface area contributed by atoms with Crippen LogP contribution in [0.5, 0.6) is 11.5 Å². The van der Waals surface area contributed by atoms with Gasteiger partial charge in [-0.25, -0.2) is 8.42 Å². The van der Waals surface area contributed by atoms with Crippen LogP contribution in [0.25, 0.3) is 6.08 Å². The van der Waals surface area contributed by atoms with Crippen molar-refractivity contribution >= 4 is 27.9 Å². The molecule has 0 aliphatic carbocycles. The Kier molecular flexibility index (Phi) is 8.07. The van der Waals surface area contributed by atoms with E-state index >= 15 is 0 Å². The normalized spacial score (nSPS) is 14.2. The molecule has 0 radical (unpaired) electrons. The van der Waals surface area contributed by atoms with Crippen molar-refractivity contribution in [3.63, 3.8) is 0 Å². The number of sulfonamides is 1. The van der Waals surface area contributed by atoms with Crippen molar-refractivity contribution in [2.75, 3.05) is 26.8 Å². The van der Waals surface area contributed by atoms with Crippen molar-refractivity contribution in [2.45, 2.75) is 24.7 Å². The van der Waals surface area contributed by atoms with Gasteiger partial charge in [0.15, 0.2) is 18.1 Å². The second-order valence-corrected chi connectivity index (χ2v) is 9.28. The Morgan fingerprint density at radius 1 is 1.06 bits per heavy atom. The number of hydrogen-bond donors (Lipinski definition) is 2. The van der Waals surface area contributed by atoms with Crippen LogP contribution >= 0.6 is 0 Å². The third-order valence-corrected chi connectivity index (χ3v) is 6.91. The van der Waals surface area contributed by atoms with Crippen molar-refractivity contribution in [1.82, 2.24) is 15.2 Å². The number of hydrazine groups is 1. The van der Waals surface area contributed by atoms with Crippen LogP contribution in [-0.4, -0.2) is 51.3 Å². The molecule has 0 bridgehead atoms. The number of methoxy groups -OCH3 is 1. The molecule has 2 N–H and O–H groups in total. The van der Waals surface area contributed by atoms with E-state index in [2.05, 4.69) is 10.9 Å². The van der Waals surface area contributed by atoms with Crippen molar-refractivity contribution < 1.29 is 27.5 Å². The van der Waals surface area contributed by atoms with Crippen LogP contribution in [-0.2, 0) is 14.8 Å². The Hall–Kier alpha value is -3.37. The zero-order chi connectivity index (χ0) is 23.8. The smallest absolute Gasteiger partial charge is 0.276 e. The maximum atomic E-state index is 12.7. The van der Waals surface area contributed by atoms with Crippen molar-refractivity contribution in [3.8, 4) is 11.5 Å². The molecular formula is C23H27N3O6S. The molecule has 2 aromatic rings. The SMILES string of the molecule is C/C=C/c1ccc(OCC(=O)NNC(=O)c2cccc(S(=O)(=O)N3CCCC3)c2)c(OC)c1. The highest BCUT2D eigenvalue weighted by Crippen LogP contribution is 2.28. The minimum atomic E-state index is -3.65. The first-order valence-corrected chi connectivity index (χ1v) is 11.9. The highest BCUT2D eigenvalue weighted by molar-refractivity contribution is 7.89. The zero-order valence-corrected chi connectivity index (χ0v) is 19.4. The number of carbonyl (C=O) groups excluding carboxylic acids is 2. The van der Waals surface area contributed by atoms with E-state index in [1.165, 1.54) is 35.7 Å². The molecular weight excluding hydrogens is 446 g/mol. The van der Waals surface area contributed by atoms with Gasteiger partial charge in [-0.2, -0.15) is 4.31 Å². The summed E-state index contributed by atoms with van der Waals surface area (Å²) in [5.74, 6) is -0.385. The molecule has 176 valence electrons. The van der Waals surface area contributed by atoms with Gasteiger partial charge in [0.25, 0.3) is 11.8 Å². The van der Waals surface area contributed by atoms with E-state index in [1.54, 1.807) is 12.1 Å². The molecule has 1 aliphatic heterocycles. The lowest BCUT2D eigenvalue weighted by Gasteiger charge is -2.16. The van der Waals surface area contributed by atoms with Gasteiger partial charge in [-0.15, -0.1) is 0 Å². The van der Waals surface area contributed by atoms with E-state index < -0.39 is 21.8 Å². The second kappa shape index (κ2) is 11.0. The van der Waals surface area contributed by atoms with Gasteiger partial charge in [0.1, 0.15) is 0 Å². The van der Waals surface area contributed by atoms with E-state index in [0.29, 0.717) is 24.6 Å². The Bertz CT molecular complexity index is 1140. The zero-order valence-electron chi connectivity index (χ0n) is 18.5. The Morgan fingerprint density at radius 3 is 2.52 bits per heavy atom. The molecule has 0 unspecified atom stereocenters. The second-order valence-electron chi connectivity index (χ2n) is 7.34. The minimum Gasteiger partial charge on any atom is -0.493 e. The molecule has 2 aromatic carbocycles. The molecule has 2 amide bonds. The van der Waals surface area contributed by atoms with Gasteiger partial charge in [-0.3, -0.25) is 20.4 Å². The Balaban J connectivity index is 1.56. The predicted octanol–water partition coefficient (Wildman–Crippen LogP) is 2.35. The molecule has 1 aliphatic rings. The minimum absolute atomic E-state index is 0.0418. The summed E-state index contributed by atoms with van der Waals surface area (Å²) in [7, 11) is -2.15. The van der Waals surface area contributed by atoms with Gasteiger partial charge < -0.3 is 9.47 Å². The highest BCUT2D eigenvalue weighted by Gasteiger charge is 2.27. The quantitative estimate of drug-likeness (QED) is 0.569. The van der Waals surface area contributed by atoms with Crippen molar-refractivity contribution in [1.29, 1.82) is 0 Å². The molecule has 1 heterocycles. The van der Waals surface area contributed by atoms with Crippen LogP contribution in [0.3, 0.4) is 0 Å². The summed E-state index contributed by atoms with van der Waals surface area (Å²) < 4.78 is 37.6. The molecule has 0 atom stereocenters. The lowest BCUT2D eigenvalue weighted by Crippen LogP contribution is -2.43. The number of carbonyl (C=O) groups is 2. The van der Waals surface area contributed by atoms with E-state index in [4.69, 9.17) is 9.47 Å². The van der Waals surface area contributed by atoms with Crippen LogP contribution in [0.15, 0.2) is 53.4 Å². The number of rotatable bonds is 8. The fourth-order valence-electron chi connectivity index (χ4n) is 3.35. The number of amides is 2. The topological polar surface area (TPSA) is 114 Å². The summed E-state index contributed by atoms with van der Waals surface area (Å²) in [5, 5.41) is 0. The summed E-state index contributed by atoms with van der Waals surface area (Å²) in [4.78, 5) is 24.6. The van der Waals surface area contributed by atoms with Gasteiger partial charge in [0.2, 0.25) is 10.0 Å². The number of nitrogens with one attached hydrogen (secondary N) is 2. The monoisotopic (exact) mass is 473 g/mol. The first kappa shape index (κ1) is 24.3. The molecule has 10 heteroatoms. The summed E-state index contributed by atoms with van der Waals surface area (Å²) >= 11 is 0. The molecule has 0 spiro atoms. The van der Waals surface area contributed by atoms with Gasteiger partial charge in [-0.1, -0.05) is 24.3 Å². The number of ether oxygens (including phenoxy) is 2. The first-order chi connectivity index (χ1) is 15.8. The molecule has 0 aromatic heterocycles. The van der Waals surface area contributed by atoms with Crippen LogP contribution in [0.2, 0.25) is 0 Å². The maximum Gasteiger partial charge on any atom is 0.276 e. The number of benzene rings is 2. The highest BCUT2D eigenvalue weighted by atomic mass is 32.2. The lowest BCUT2D eigenvalue weighted by atomic mass is 10.2. The summed E-state index contributed by atoms with van der Waals surface area (Å²) in [6, 6.07) is 11.0. The van der Waals surface area contributed by atoms with Crippen LogP contribution < -0.4 is 20.3 Å². The molecule has 1 saturated heterocycles. The standard InChI is InChI=1S/C23H27N3O6S/c1-3-7-17-10-11-20(21(14-17)31-2)32-16-22(27)24-25-23(28)18-8-6-9-19(15-18)33(29,30)26-12-4-5-13-26/h3,6-11,14-15H,4-5,12-13,16H2,1-2H3,(H,24,27)(H,25,28)/b7-3+. The van der Waals surface area contributed by atoms with Crippen molar-refractivity contribution in [3.05, 3.63) is 59.7 Å².